The molecular weight excluding hydrogens is 359 g/mol. The van der Waals surface area contributed by atoms with Crippen LogP contribution in [0.1, 0.15) is 57.3 Å². The van der Waals surface area contributed by atoms with Crippen LogP contribution in [0.25, 0.3) is 0 Å². The average Bonchev–Trinajstić information content (AvgIpc) is 2.88. The molecule has 1 N–H and O–H groups in total. The van der Waals surface area contributed by atoms with Crippen molar-refractivity contribution in [2.75, 3.05) is 6.61 Å². The minimum atomic E-state index is -1.13. The lowest BCUT2D eigenvalue weighted by Crippen LogP contribution is -2.41. The van der Waals surface area contributed by atoms with E-state index in [0.717, 1.165) is 5.47 Å². The van der Waals surface area contributed by atoms with Gasteiger partial charge in [-0.3, -0.25) is 4.79 Å². The Labute approximate surface area is 166 Å². The maximum Gasteiger partial charge on any atom is 0.490 e. The molecule has 1 atom stereocenters. The fraction of sp³-hybridized carbons (Fsp3) is 0.524. The molecule has 0 amide bonds. The molecule has 1 aromatic rings. The number of esters is 1. The molecule has 0 unspecified atom stereocenters. The third-order valence-corrected chi connectivity index (χ3v) is 6.15. The summed E-state index contributed by atoms with van der Waals surface area (Å²) in [5.41, 5.74) is -0.648. The molecule has 7 heteroatoms. The van der Waals surface area contributed by atoms with E-state index in [0.29, 0.717) is 18.4 Å². The van der Waals surface area contributed by atoms with Crippen LogP contribution in [0, 0.1) is 5.41 Å². The number of hydrogen-bond acceptors (Lipinski definition) is 5. The number of carboxylic acids is 1. The number of ether oxygens (including phenoxy) is 1. The molecule has 28 heavy (non-hydrogen) atoms. The van der Waals surface area contributed by atoms with E-state index >= 15 is 0 Å². The van der Waals surface area contributed by atoms with E-state index in [2.05, 4.69) is 0 Å². The van der Waals surface area contributed by atoms with Crippen molar-refractivity contribution in [3.8, 4) is 0 Å². The minimum Gasteiger partial charge on any atom is -0.481 e. The fourth-order valence-electron chi connectivity index (χ4n) is 3.37. The average molecular weight is 386 g/mol. The molecule has 0 bridgehead atoms. The van der Waals surface area contributed by atoms with Gasteiger partial charge in [-0.1, -0.05) is 24.3 Å². The van der Waals surface area contributed by atoms with Crippen molar-refractivity contribution < 1.29 is 28.7 Å². The van der Waals surface area contributed by atoms with Crippen LogP contribution >= 0.6 is 0 Å². The normalized spacial score (nSPS) is 25.9. The predicted molar refractivity (Wildman–Crippen MR) is 105 cm³/mol. The number of hydrogen-bond donors (Lipinski definition) is 1. The summed E-state index contributed by atoms with van der Waals surface area (Å²) in [6.45, 7) is 7.78. The smallest absolute Gasteiger partial charge is 0.481 e. The summed E-state index contributed by atoms with van der Waals surface area (Å²) in [4.78, 5) is 24.2. The molecule has 1 fully saturated rings. The Bertz CT molecular complexity index is 769. The van der Waals surface area contributed by atoms with Crippen LogP contribution in [-0.4, -0.2) is 42.0 Å². The van der Waals surface area contributed by atoms with E-state index in [4.69, 9.17) is 14.0 Å². The molecule has 1 heterocycles. The zero-order chi connectivity index (χ0) is 20.6. The Balaban J connectivity index is 1.68. The van der Waals surface area contributed by atoms with Crippen molar-refractivity contribution in [3.63, 3.8) is 0 Å². The summed E-state index contributed by atoms with van der Waals surface area (Å²) < 4.78 is 17.5. The Kier molecular flexibility index (Phi) is 5.43. The molecule has 150 valence electrons. The topological polar surface area (TPSA) is 82.1 Å². The first-order valence-corrected chi connectivity index (χ1v) is 9.56. The SMILES string of the molecule is CC1(C)OB(C2=CC[C@@](COC(=O)c3ccccc3)(C(=O)O)CC2)OC1(C)C. The summed E-state index contributed by atoms with van der Waals surface area (Å²) in [6.07, 6.45) is 3.02. The Morgan fingerprint density at radius 3 is 2.21 bits per heavy atom. The molecule has 3 rings (SSSR count). The lowest BCUT2D eigenvalue weighted by atomic mass is 9.66. The molecule has 0 spiro atoms. The maximum atomic E-state index is 12.2. The van der Waals surface area contributed by atoms with Gasteiger partial charge in [-0.2, -0.15) is 0 Å². The van der Waals surface area contributed by atoms with Gasteiger partial charge in [0, 0.05) is 0 Å². The lowest BCUT2D eigenvalue weighted by molar-refractivity contribution is -0.152. The van der Waals surface area contributed by atoms with Crippen molar-refractivity contribution >= 4 is 19.1 Å². The molecular formula is C21H27BO6. The first-order chi connectivity index (χ1) is 13.1. The van der Waals surface area contributed by atoms with Crippen molar-refractivity contribution in [2.45, 2.75) is 58.2 Å². The summed E-state index contributed by atoms with van der Waals surface area (Å²) in [6, 6.07) is 8.58. The highest BCUT2D eigenvalue weighted by molar-refractivity contribution is 6.54. The van der Waals surface area contributed by atoms with Crippen LogP contribution in [0.4, 0.5) is 0 Å². The third kappa shape index (κ3) is 3.87. The van der Waals surface area contributed by atoms with Gasteiger partial charge in [0.05, 0.1) is 16.8 Å². The number of carbonyl (C=O) groups excluding carboxylic acids is 1. The Morgan fingerprint density at radius 1 is 1.11 bits per heavy atom. The summed E-state index contributed by atoms with van der Waals surface area (Å²) in [5.74, 6) is -1.47. The zero-order valence-electron chi connectivity index (χ0n) is 16.9. The van der Waals surface area contributed by atoms with Crippen LogP contribution in [0.2, 0.25) is 0 Å². The van der Waals surface area contributed by atoms with Gasteiger partial charge in [-0.15, -0.1) is 0 Å². The van der Waals surface area contributed by atoms with Crippen LogP contribution in [-0.2, 0) is 18.8 Å². The van der Waals surface area contributed by atoms with E-state index in [1.807, 2.05) is 33.8 Å². The second-order valence-electron chi connectivity index (χ2n) is 8.60. The van der Waals surface area contributed by atoms with Crippen molar-refractivity contribution in [1.82, 2.24) is 0 Å². The standard InChI is InChI=1S/C21H27BO6/c1-19(2)20(3,4)28-22(27-19)16-10-12-21(13-11-16,18(24)25)14-26-17(23)15-8-6-5-7-9-15/h5-10H,11-14H2,1-4H3,(H,24,25)/t21-/m1/s1. The monoisotopic (exact) mass is 386 g/mol. The van der Waals surface area contributed by atoms with Gasteiger partial charge in [0.25, 0.3) is 0 Å². The van der Waals surface area contributed by atoms with Gasteiger partial charge in [0.1, 0.15) is 12.0 Å². The van der Waals surface area contributed by atoms with Crippen LogP contribution in [0.5, 0.6) is 0 Å². The maximum absolute atomic E-state index is 12.2. The largest absolute Gasteiger partial charge is 0.490 e. The summed E-state index contributed by atoms with van der Waals surface area (Å²) in [5, 5.41) is 9.81. The van der Waals surface area contributed by atoms with Gasteiger partial charge in [0.15, 0.2) is 0 Å². The number of allylic oxidation sites excluding steroid dienone is 2. The summed E-state index contributed by atoms with van der Waals surface area (Å²) >= 11 is 0. The van der Waals surface area contributed by atoms with Gasteiger partial charge in [-0.25, -0.2) is 4.79 Å². The Hall–Kier alpha value is -2.12. The van der Waals surface area contributed by atoms with E-state index in [1.54, 1.807) is 30.3 Å². The molecule has 1 aliphatic carbocycles. The molecule has 1 aromatic carbocycles. The highest BCUT2D eigenvalue weighted by Gasteiger charge is 2.53. The quantitative estimate of drug-likeness (QED) is 0.615. The van der Waals surface area contributed by atoms with Crippen LogP contribution in [0.3, 0.4) is 0 Å². The number of aliphatic carboxylic acids is 1. The second-order valence-corrected chi connectivity index (χ2v) is 8.60. The van der Waals surface area contributed by atoms with E-state index in [9.17, 15) is 14.7 Å². The molecule has 1 aliphatic heterocycles. The van der Waals surface area contributed by atoms with Gasteiger partial charge in [0.2, 0.25) is 0 Å². The predicted octanol–water partition coefficient (Wildman–Crippen LogP) is 3.66. The number of carbonyl (C=O) groups is 2. The second kappa shape index (κ2) is 7.37. The van der Waals surface area contributed by atoms with Gasteiger partial charge in [-0.05, 0) is 64.6 Å². The third-order valence-electron chi connectivity index (χ3n) is 6.15. The Morgan fingerprint density at radius 2 is 1.71 bits per heavy atom. The number of benzene rings is 1. The van der Waals surface area contributed by atoms with E-state index in [-0.39, 0.29) is 13.0 Å². The van der Waals surface area contributed by atoms with Gasteiger partial charge < -0.3 is 19.2 Å². The first kappa shape index (κ1) is 20.6. The molecule has 0 saturated carbocycles. The van der Waals surface area contributed by atoms with E-state index in [1.165, 1.54) is 0 Å². The van der Waals surface area contributed by atoms with Crippen molar-refractivity contribution in [1.29, 1.82) is 0 Å². The minimum absolute atomic E-state index is 0.163. The fourth-order valence-corrected chi connectivity index (χ4v) is 3.37. The van der Waals surface area contributed by atoms with Crippen molar-refractivity contribution in [3.05, 3.63) is 47.4 Å². The highest BCUT2D eigenvalue weighted by atomic mass is 16.7. The zero-order valence-corrected chi connectivity index (χ0v) is 16.9. The number of rotatable bonds is 5. The molecule has 6 nitrogen and oxygen atoms in total. The van der Waals surface area contributed by atoms with Crippen LogP contribution < -0.4 is 0 Å². The molecule has 0 aromatic heterocycles. The van der Waals surface area contributed by atoms with Crippen molar-refractivity contribution in [2.24, 2.45) is 5.41 Å². The molecule has 0 radical (unpaired) electrons. The molecule has 2 aliphatic rings. The number of carboxylic acid groups (broad SMARTS) is 1. The van der Waals surface area contributed by atoms with Crippen LogP contribution in [0.15, 0.2) is 41.9 Å². The summed E-state index contributed by atoms with van der Waals surface area (Å²) in [7, 11) is -0.469. The van der Waals surface area contributed by atoms with Gasteiger partial charge >= 0.3 is 19.1 Å². The lowest BCUT2D eigenvalue weighted by Gasteiger charge is -2.32. The van der Waals surface area contributed by atoms with E-state index < -0.39 is 35.7 Å². The molecule has 1 saturated heterocycles. The first-order valence-electron chi connectivity index (χ1n) is 9.56. The highest BCUT2D eigenvalue weighted by Crippen LogP contribution is 2.43.